The van der Waals surface area contributed by atoms with Crippen molar-refractivity contribution in [3.63, 3.8) is 0 Å². The zero-order valence-corrected chi connectivity index (χ0v) is 9.61. The zero-order valence-electron chi connectivity index (χ0n) is 9.61. The van der Waals surface area contributed by atoms with Crippen molar-refractivity contribution in [1.29, 1.82) is 0 Å². The average Bonchev–Trinajstić information content (AvgIpc) is 2.63. The van der Waals surface area contributed by atoms with E-state index in [1.807, 2.05) is 17.8 Å². The van der Waals surface area contributed by atoms with E-state index in [2.05, 4.69) is 23.4 Å². The predicted octanol–water partition coefficient (Wildman–Crippen LogP) is 0.806. The smallest absolute Gasteiger partial charge is 0.0949 e. The Bertz CT molecular complexity index is 271. The zero-order chi connectivity index (χ0) is 11.1. The molecule has 0 saturated heterocycles. The molecule has 15 heavy (non-hydrogen) atoms. The van der Waals surface area contributed by atoms with Crippen LogP contribution in [0.15, 0.2) is 12.5 Å². The summed E-state index contributed by atoms with van der Waals surface area (Å²) in [5, 5.41) is 12.4. The molecule has 0 bridgehead atoms. The number of hydrogen-bond acceptors (Lipinski definition) is 3. The van der Waals surface area contributed by atoms with Crippen LogP contribution in [-0.4, -0.2) is 33.9 Å². The Balaban J connectivity index is 2.29. The molecule has 86 valence electrons. The largest absolute Gasteiger partial charge is 0.393 e. The van der Waals surface area contributed by atoms with Crippen LogP contribution in [-0.2, 0) is 13.0 Å². The fourth-order valence-electron chi connectivity index (χ4n) is 1.39. The predicted molar refractivity (Wildman–Crippen MR) is 60.8 cm³/mol. The van der Waals surface area contributed by atoms with Gasteiger partial charge in [0.05, 0.1) is 18.1 Å². The molecule has 0 spiro atoms. The number of nitrogens with zero attached hydrogens (tertiary/aromatic N) is 2. The number of aryl methyl sites for hydroxylation is 1. The van der Waals surface area contributed by atoms with Crippen LogP contribution in [0, 0.1) is 0 Å². The van der Waals surface area contributed by atoms with E-state index in [1.54, 1.807) is 0 Å². The van der Waals surface area contributed by atoms with Crippen LogP contribution in [0.5, 0.6) is 0 Å². The quantitative estimate of drug-likeness (QED) is 0.656. The highest BCUT2D eigenvalue weighted by Crippen LogP contribution is 2.00. The summed E-state index contributed by atoms with van der Waals surface area (Å²) >= 11 is 0. The van der Waals surface area contributed by atoms with E-state index in [-0.39, 0.29) is 6.10 Å². The third-order valence-corrected chi connectivity index (χ3v) is 2.30. The Labute approximate surface area is 91.3 Å². The number of aromatic nitrogens is 2. The van der Waals surface area contributed by atoms with Crippen molar-refractivity contribution in [1.82, 2.24) is 14.9 Å². The van der Waals surface area contributed by atoms with Crippen LogP contribution < -0.4 is 5.32 Å². The molecule has 0 amide bonds. The van der Waals surface area contributed by atoms with Crippen LogP contribution in [0.1, 0.15) is 26.0 Å². The Morgan fingerprint density at radius 1 is 1.60 bits per heavy atom. The summed E-state index contributed by atoms with van der Waals surface area (Å²) in [6.07, 6.45) is 5.40. The van der Waals surface area contributed by atoms with Crippen LogP contribution in [0.25, 0.3) is 0 Å². The summed E-state index contributed by atoms with van der Waals surface area (Å²) in [6.45, 7) is 6.72. The fourth-order valence-corrected chi connectivity index (χ4v) is 1.39. The lowest BCUT2D eigenvalue weighted by Gasteiger charge is -2.03. The second-order valence-electron chi connectivity index (χ2n) is 3.84. The van der Waals surface area contributed by atoms with Crippen molar-refractivity contribution >= 4 is 0 Å². The fraction of sp³-hybridized carbons (Fsp3) is 0.727. The topological polar surface area (TPSA) is 50.1 Å². The first kappa shape index (κ1) is 12.2. The third-order valence-electron chi connectivity index (χ3n) is 2.30. The second-order valence-corrected chi connectivity index (χ2v) is 3.84. The Kier molecular flexibility index (Phi) is 5.36. The number of likely N-dealkylation sites (N-methyl/N-ethyl adjacent to an activating group) is 1. The molecule has 0 saturated carbocycles. The minimum atomic E-state index is -0.238. The molecule has 0 aliphatic rings. The molecule has 4 heteroatoms. The molecule has 1 rings (SSSR count). The van der Waals surface area contributed by atoms with E-state index >= 15 is 0 Å². The van der Waals surface area contributed by atoms with Crippen LogP contribution >= 0.6 is 0 Å². The first-order valence-electron chi connectivity index (χ1n) is 5.61. The maximum atomic E-state index is 9.15. The van der Waals surface area contributed by atoms with Gasteiger partial charge < -0.3 is 15.0 Å². The summed E-state index contributed by atoms with van der Waals surface area (Å²) in [7, 11) is 0. The Hall–Kier alpha value is -0.870. The lowest BCUT2D eigenvalue weighted by molar-refractivity contribution is 0.178. The van der Waals surface area contributed by atoms with Gasteiger partial charge in [-0.05, 0) is 19.9 Å². The highest BCUT2D eigenvalue weighted by atomic mass is 16.3. The van der Waals surface area contributed by atoms with Gasteiger partial charge in [0.15, 0.2) is 0 Å². The third kappa shape index (κ3) is 4.95. The van der Waals surface area contributed by atoms with Gasteiger partial charge in [-0.15, -0.1) is 0 Å². The molecule has 0 radical (unpaired) electrons. The van der Waals surface area contributed by atoms with Crippen molar-refractivity contribution in [2.45, 2.75) is 39.3 Å². The van der Waals surface area contributed by atoms with Gasteiger partial charge in [-0.2, -0.15) is 0 Å². The highest BCUT2D eigenvalue weighted by molar-refractivity contribution is 4.97. The maximum absolute atomic E-state index is 9.15. The van der Waals surface area contributed by atoms with Crippen molar-refractivity contribution in [2.75, 3.05) is 13.1 Å². The lowest BCUT2D eigenvalue weighted by atomic mass is 10.3. The molecule has 4 nitrogen and oxygen atoms in total. The average molecular weight is 211 g/mol. The summed E-state index contributed by atoms with van der Waals surface area (Å²) < 4.78 is 2.04. The van der Waals surface area contributed by atoms with E-state index in [9.17, 15) is 0 Å². The monoisotopic (exact) mass is 211 g/mol. The van der Waals surface area contributed by atoms with Crippen molar-refractivity contribution in [3.05, 3.63) is 18.2 Å². The molecule has 0 aromatic carbocycles. The van der Waals surface area contributed by atoms with Gasteiger partial charge in [0.1, 0.15) is 0 Å². The van der Waals surface area contributed by atoms with Crippen molar-refractivity contribution in [2.24, 2.45) is 0 Å². The minimum Gasteiger partial charge on any atom is -0.393 e. The molecular formula is C11H21N3O. The van der Waals surface area contributed by atoms with Gasteiger partial charge in [0.25, 0.3) is 0 Å². The van der Waals surface area contributed by atoms with E-state index in [4.69, 9.17) is 5.11 Å². The van der Waals surface area contributed by atoms with E-state index in [0.717, 1.165) is 38.2 Å². The summed E-state index contributed by atoms with van der Waals surface area (Å²) in [5.41, 5.74) is 1.11. The first-order chi connectivity index (χ1) is 7.22. The van der Waals surface area contributed by atoms with Crippen molar-refractivity contribution < 1.29 is 5.11 Å². The molecule has 0 aliphatic heterocycles. The molecule has 1 heterocycles. The summed E-state index contributed by atoms with van der Waals surface area (Å²) in [4.78, 5) is 4.31. The van der Waals surface area contributed by atoms with Crippen LogP contribution in [0.4, 0.5) is 0 Å². The standard InChI is InChI=1S/C11H21N3O/c1-3-12-6-4-11-8-14(9-13-11)7-5-10(2)15/h8-10,12,15H,3-7H2,1-2H3. The molecule has 1 unspecified atom stereocenters. The number of aliphatic hydroxyl groups excluding tert-OH is 1. The van der Waals surface area contributed by atoms with Gasteiger partial charge in [-0.1, -0.05) is 6.92 Å². The van der Waals surface area contributed by atoms with Gasteiger partial charge in [0, 0.05) is 25.7 Å². The molecule has 1 aromatic heterocycles. The second kappa shape index (κ2) is 6.58. The van der Waals surface area contributed by atoms with Gasteiger partial charge in [0.2, 0.25) is 0 Å². The van der Waals surface area contributed by atoms with Gasteiger partial charge in [-0.25, -0.2) is 4.98 Å². The van der Waals surface area contributed by atoms with E-state index in [0.29, 0.717) is 0 Å². The number of nitrogens with one attached hydrogen (secondary N) is 1. The molecule has 1 atom stereocenters. The van der Waals surface area contributed by atoms with E-state index < -0.39 is 0 Å². The van der Waals surface area contributed by atoms with Gasteiger partial charge in [-0.3, -0.25) is 0 Å². The normalized spacial score (nSPS) is 13.0. The lowest BCUT2D eigenvalue weighted by Crippen LogP contribution is -2.16. The maximum Gasteiger partial charge on any atom is 0.0949 e. The molecular weight excluding hydrogens is 190 g/mol. The summed E-state index contributed by atoms with van der Waals surface area (Å²) in [5.74, 6) is 0. The van der Waals surface area contributed by atoms with E-state index in [1.165, 1.54) is 0 Å². The van der Waals surface area contributed by atoms with Crippen LogP contribution in [0.2, 0.25) is 0 Å². The van der Waals surface area contributed by atoms with Crippen LogP contribution in [0.3, 0.4) is 0 Å². The summed E-state index contributed by atoms with van der Waals surface area (Å²) in [6, 6.07) is 0. The molecule has 1 aromatic rings. The SMILES string of the molecule is CCNCCc1cn(CCC(C)O)cn1. The molecule has 2 N–H and O–H groups in total. The first-order valence-corrected chi connectivity index (χ1v) is 5.61. The minimum absolute atomic E-state index is 0.238. The Morgan fingerprint density at radius 3 is 3.07 bits per heavy atom. The molecule has 0 fully saturated rings. The Morgan fingerprint density at radius 2 is 2.40 bits per heavy atom. The number of aliphatic hydroxyl groups is 1. The number of rotatable bonds is 7. The highest BCUT2D eigenvalue weighted by Gasteiger charge is 2.00. The molecule has 0 aliphatic carbocycles. The number of imidazole rings is 1. The number of hydrogen-bond donors (Lipinski definition) is 2. The van der Waals surface area contributed by atoms with Crippen molar-refractivity contribution in [3.8, 4) is 0 Å². The van der Waals surface area contributed by atoms with Gasteiger partial charge >= 0.3 is 0 Å².